The zero-order chi connectivity index (χ0) is 26.4. The van der Waals surface area contributed by atoms with E-state index in [2.05, 4.69) is 15.3 Å². The molecule has 2 atom stereocenters. The van der Waals surface area contributed by atoms with Crippen LogP contribution in [-0.2, 0) is 9.53 Å². The molecule has 2 unspecified atom stereocenters. The number of hydrogen-bond donors (Lipinski definition) is 3. The minimum atomic E-state index is -2.92. The van der Waals surface area contributed by atoms with Gasteiger partial charge in [-0.2, -0.15) is 0 Å². The monoisotopic (exact) mass is 481 g/mol. The number of aliphatic hydroxyl groups excluding tert-OH is 1. The van der Waals surface area contributed by atoms with Crippen molar-refractivity contribution in [2.75, 3.05) is 23.9 Å². The molecule has 174 valence electrons. The van der Waals surface area contributed by atoms with E-state index in [9.17, 15) is 9.90 Å². The lowest BCUT2D eigenvalue weighted by atomic mass is 9.92. The number of pyridine rings is 1. The average Bonchev–Trinajstić information content (AvgIpc) is 3.33. The van der Waals surface area contributed by atoms with Gasteiger partial charge >= 0.3 is 0 Å². The van der Waals surface area contributed by atoms with Crippen molar-refractivity contribution in [2.24, 2.45) is 0 Å². The normalized spacial score (nSPS) is 20.1. The van der Waals surface area contributed by atoms with Gasteiger partial charge in [0, 0.05) is 28.4 Å². The molecule has 34 heavy (non-hydrogen) atoms. The maximum atomic E-state index is 13.5. The summed E-state index contributed by atoms with van der Waals surface area (Å²) >= 11 is 6.60. The first-order chi connectivity index (χ1) is 17.7. The Hall–Kier alpha value is -3.59. The molecule has 4 aromatic rings. The van der Waals surface area contributed by atoms with Crippen molar-refractivity contribution in [3.63, 3.8) is 0 Å². The van der Waals surface area contributed by atoms with E-state index < -0.39 is 31.1 Å². The lowest BCUT2D eigenvalue weighted by Gasteiger charge is -2.47. The highest BCUT2D eigenvalue weighted by molar-refractivity contribution is 6.31. The van der Waals surface area contributed by atoms with Gasteiger partial charge in [0.15, 0.2) is 6.23 Å². The van der Waals surface area contributed by atoms with Crippen LogP contribution in [0.1, 0.15) is 22.8 Å². The number of para-hydroxylation sites is 1. The van der Waals surface area contributed by atoms with Gasteiger partial charge in [-0.1, -0.05) is 29.8 Å². The largest absolute Gasteiger partial charge is 0.457 e. The van der Waals surface area contributed by atoms with Gasteiger partial charge in [-0.15, -0.1) is 0 Å². The summed E-state index contributed by atoms with van der Waals surface area (Å²) in [6.45, 7) is -3.45. The smallest absolute Gasteiger partial charge is 0.252 e. The third-order valence-corrected chi connectivity index (χ3v) is 5.99. The van der Waals surface area contributed by atoms with Crippen molar-refractivity contribution in [1.82, 2.24) is 9.97 Å². The van der Waals surface area contributed by atoms with Crippen LogP contribution in [-0.4, -0.2) is 40.2 Å². The SMILES string of the molecule is [2H]C([2H])([2H])C1(COC)C(=O)Nc2cnc3[nH]ccc3c2N1C(O)c1ccc(Oc2ccccc2)cc1Cl. The highest BCUT2D eigenvalue weighted by Gasteiger charge is 2.48. The summed E-state index contributed by atoms with van der Waals surface area (Å²) in [5.74, 6) is 0.148. The predicted octanol–water partition coefficient (Wildman–Crippen LogP) is 4.86. The molecule has 2 aromatic heterocycles. The molecule has 0 spiro atoms. The van der Waals surface area contributed by atoms with Gasteiger partial charge in [0.2, 0.25) is 0 Å². The molecular weight excluding hydrogens is 456 g/mol. The number of aliphatic hydroxyl groups is 1. The second kappa shape index (κ2) is 8.64. The van der Waals surface area contributed by atoms with Gasteiger partial charge in [-0.25, -0.2) is 4.98 Å². The standard InChI is InChI=1S/C25H23ClN4O4/c1-25(14-33-2)24(32)29-20-13-28-22-18(10-11-27-22)21(20)30(25)23(31)17-9-8-16(12-19(17)26)34-15-6-4-3-5-7-15/h3-13,23,31H,14H2,1-2H3,(H,27,28)(H,29,32)/i1D3. The molecular formula is C25H23ClN4O4. The van der Waals surface area contributed by atoms with E-state index in [1.165, 1.54) is 25.4 Å². The average molecular weight is 482 g/mol. The third-order valence-electron chi connectivity index (χ3n) is 5.66. The van der Waals surface area contributed by atoms with Crippen LogP contribution in [0.2, 0.25) is 5.02 Å². The lowest BCUT2D eigenvalue weighted by Crippen LogP contribution is -2.61. The maximum Gasteiger partial charge on any atom is 0.252 e. The molecule has 0 aliphatic carbocycles. The number of rotatable bonds is 6. The maximum absolute atomic E-state index is 13.5. The molecule has 0 saturated heterocycles. The first-order valence-electron chi connectivity index (χ1n) is 11.9. The van der Waals surface area contributed by atoms with Crippen molar-refractivity contribution < 1.29 is 23.5 Å². The Morgan fingerprint density at radius 2 is 2.06 bits per heavy atom. The molecule has 1 amide bonds. The Bertz CT molecular complexity index is 1460. The van der Waals surface area contributed by atoms with E-state index in [0.717, 1.165) is 4.90 Å². The Balaban J connectivity index is 1.67. The molecule has 1 aliphatic rings. The molecule has 0 saturated carbocycles. The first kappa shape index (κ1) is 18.8. The summed E-state index contributed by atoms with van der Waals surface area (Å²) in [5.41, 5.74) is -1.16. The summed E-state index contributed by atoms with van der Waals surface area (Å²) in [5, 5.41) is 15.0. The van der Waals surface area contributed by atoms with Gasteiger partial charge in [0.1, 0.15) is 22.7 Å². The molecule has 8 nitrogen and oxygen atoms in total. The van der Waals surface area contributed by atoms with E-state index in [1.807, 2.05) is 18.2 Å². The van der Waals surface area contributed by atoms with Crippen LogP contribution in [0.4, 0.5) is 11.4 Å². The van der Waals surface area contributed by atoms with Gasteiger partial charge in [0.05, 0.1) is 29.2 Å². The molecule has 0 bridgehead atoms. The molecule has 9 heteroatoms. The van der Waals surface area contributed by atoms with Crippen molar-refractivity contribution >= 4 is 39.9 Å². The predicted molar refractivity (Wildman–Crippen MR) is 130 cm³/mol. The summed E-state index contributed by atoms with van der Waals surface area (Å²) in [4.78, 5) is 21.9. The Labute approximate surface area is 205 Å². The van der Waals surface area contributed by atoms with Crippen LogP contribution >= 0.6 is 11.6 Å². The summed E-state index contributed by atoms with van der Waals surface area (Å²) < 4.78 is 36.2. The van der Waals surface area contributed by atoms with Gasteiger partial charge in [-0.05, 0) is 43.3 Å². The van der Waals surface area contributed by atoms with Crippen LogP contribution in [0.25, 0.3) is 11.0 Å². The van der Waals surface area contributed by atoms with Crippen LogP contribution in [0.3, 0.4) is 0 Å². The zero-order valence-corrected chi connectivity index (χ0v) is 18.8. The fourth-order valence-corrected chi connectivity index (χ4v) is 4.36. The molecule has 0 radical (unpaired) electrons. The van der Waals surface area contributed by atoms with Gasteiger partial charge < -0.3 is 29.8 Å². The quantitative estimate of drug-likeness (QED) is 0.363. The molecule has 1 aliphatic heterocycles. The number of aromatic nitrogens is 2. The summed E-state index contributed by atoms with van der Waals surface area (Å²) in [6, 6.07) is 15.4. The zero-order valence-electron chi connectivity index (χ0n) is 21.1. The number of hydrogen-bond acceptors (Lipinski definition) is 6. The summed E-state index contributed by atoms with van der Waals surface area (Å²) in [6.07, 6.45) is 1.38. The Morgan fingerprint density at radius 3 is 2.79 bits per heavy atom. The number of carbonyl (C=O) groups is 1. The van der Waals surface area contributed by atoms with E-state index in [0.29, 0.717) is 22.5 Å². The number of fused-ring (bicyclic) bond motifs is 3. The van der Waals surface area contributed by atoms with Crippen molar-refractivity contribution in [3.8, 4) is 11.5 Å². The number of halogens is 1. The number of amides is 1. The highest BCUT2D eigenvalue weighted by Crippen LogP contribution is 2.46. The van der Waals surface area contributed by atoms with E-state index >= 15 is 0 Å². The second-order valence-corrected chi connectivity index (χ2v) is 8.26. The van der Waals surface area contributed by atoms with E-state index in [4.69, 9.17) is 25.2 Å². The van der Waals surface area contributed by atoms with Crippen LogP contribution in [0, 0.1) is 0 Å². The molecule has 0 fully saturated rings. The molecule has 2 aromatic carbocycles. The van der Waals surface area contributed by atoms with Crippen LogP contribution in [0.5, 0.6) is 11.5 Å². The number of benzene rings is 2. The minimum absolute atomic E-state index is 0.115. The molecule has 5 rings (SSSR count). The van der Waals surface area contributed by atoms with Crippen molar-refractivity contribution in [3.05, 3.63) is 77.6 Å². The van der Waals surface area contributed by atoms with E-state index in [-0.39, 0.29) is 22.0 Å². The van der Waals surface area contributed by atoms with Crippen molar-refractivity contribution in [1.29, 1.82) is 0 Å². The van der Waals surface area contributed by atoms with Gasteiger partial charge in [0.25, 0.3) is 5.91 Å². The minimum Gasteiger partial charge on any atom is -0.457 e. The van der Waals surface area contributed by atoms with Crippen LogP contribution < -0.4 is 15.0 Å². The first-order valence-corrected chi connectivity index (χ1v) is 10.8. The van der Waals surface area contributed by atoms with Crippen molar-refractivity contribution in [2.45, 2.75) is 18.6 Å². The number of H-pyrrole nitrogens is 1. The van der Waals surface area contributed by atoms with E-state index in [1.54, 1.807) is 30.5 Å². The molecule has 3 heterocycles. The van der Waals surface area contributed by atoms with Gasteiger partial charge in [-0.3, -0.25) is 4.79 Å². The Morgan fingerprint density at radius 1 is 1.24 bits per heavy atom. The topological polar surface area (TPSA) is 99.7 Å². The number of carbonyl (C=O) groups excluding carboxylic acids is 1. The van der Waals surface area contributed by atoms with Crippen LogP contribution in [0.15, 0.2) is 67.0 Å². The number of ether oxygens (including phenoxy) is 2. The summed E-state index contributed by atoms with van der Waals surface area (Å²) in [7, 11) is 1.29. The number of aromatic amines is 1. The number of nitrogens with zero attached hydrogens (tertiary/aromatic N) is 2. The fraction of sp³-hybridized carbons (Fsp3) is 0.200. The fourth-order valence-electron chi connectivity index (χ4n) is 4.09. The number of methoxy groups -OCH3 is 1. The third kappa shape index (κ3) is 3.66. The number of nitrogens with one attached hydrogen (secondary N) is 2. The number of anilines is 2. The lowest BCUT2D eigenvalue weighted by molar-refractivity contribution is -0.124. The molecule has 3 N–H and O–H groups in total. The highest BCUT2D eigenvalue weighted by atomic mass is 35.5. The Kier molecular flexibility index (Phi) is 4.78. The second-order valence-electron chi connectivity index (χ2n) is 7.85.